The molecule has 0 radical (unpaired) electrons. The van der Waals surface area contributed by atoms with E-state index < -0.39 is 5.60 Å². The van der Waals surface area contributed by atoms with Crippen LogP contribution in [0.5, 0.6) is 0 Å². The summed E-state index contributed by atoms with van der Waals surface area (Å²) in [6, 6.07) is 20.3. The summed E-state index contributed by atoms with van der Waals surface area (Å²) in [5.41, 5.74) is 0.759. The van der Waals surface area contributed by atoms with Crippen LogP contribution in [-0.2, 0) is 16.8 Å². The highest BCUT2D eigenvalue weighted by atomic mass is 16.3. The summed E-state index contributed by atoms with van der Waals surface area (Å²) in [5, 5.41) is 11.8. The highest BCUT2D eigenvalue weighted by Gasteiger charge is 2.48. The van der Waals surface area contributed by atoms with Gasteiger partial charge in [-0.3, -0.25) is 4.79 Å². The van der Waals surface area contributed by atoms with Crippen LogP contribution in [0.2, 0.25) is 0 Å². The number of amides is 1. The fourth-order valence-corrected chi connectivity index (χ4v) is 5.36. The van der Waals surface area contributed by atoms with Crippen LogP contribution in [0, 0.1) is 5.92 Å². The maximum atomic E-state index is 13.7. The molecule has 2 aromatic carbocycles. The molecular weight excluding hydrogens is 384 g/mol. The third-order valence-electron chi connectivity index (χ3n) is 7.14. The van der Waals surface area contributed by atoms with Gasteiger partial charge in [-0.15, -0.1) is 0 Å². The Bertz CT molecular complexity index is 820. The third-order valence-corrected chi connectivity index (χ3v) is 7.14. The second-order valence-corrected chi connectivity index (χ2v) is 9.19. The van der Waals surface area contributed by atoms with Gasteiger partial charge in [-0.1, -0.05) is 73.5 Å². The Labute approximate surface area is 186 Å². The van der Waals surface area contributed by atoms with Crippen LogP contribution in [0.25, 0.3) is 0 Å². The number of hydrogen-bond donors (Lipinski definition) is 1. The molecule has 2 aliphatic rings. The second-order valence-electron chi connectivity index (χ2n) is 9.19. The van der Waals surface area contributed by atoms with Gasteiger partial charge >= 0.3 is 0 Å². The second kappa shape index (κ2) is 10.4. The first-order chi connectivity index (χ1) is 15.2. The van der Waals surface area contributed by atoms with E-state index in [4.69, 9.17) is 0 Å². The topological polar surface area (TPSA) is 43.8 Å². The molecule has 0 bridgehead atoms. The highest BCUT2D eigenvalue weighted by Crippen LogP contribution is 2.42. The number of benzene rings is 2. The lowest BCUT2D eigenvalue weighted by molar-refractivity contribution is -0.159. The first-order valence-corrected chi connectivity index (χ1v) is 12.0. The zero-order valence-electron chi connectivity index (χ0n) is 18.6. The molecule has 0 spiro atoms. The molecule has 1 aliphatic carbocycles. The summed E-state index contributed by atoms with van der Waals surface area (Å²) in [7, 11) is 0. The van der Waals surface area contributed by atoms with Crippen LogP contribution in [-0.4, -0.2) is 53.5 Å². The van der Waals surface area contributed by atoms with E-state index >= 15 is 0 Å². The van der Waals surface area contributed by atoms with Gasteiger partial charge in [0.1, 0.15) is 0 Å². The molecule has 1 saturated carbocycles. The minimum Gasteiger partial charge on any atom is -0.375 e. The molecule has 0 aromatic heterocycles. The first kappa shape index (κ1) is 22.0. The molecule has 166 valence electrons. The van der Waals surface area contributed by atoms with E-state index in [0.717, 1.165) is 76.7 Å². The molecular formula is C27H36N2O2. The van der Waals surface area contributed by atoms with Crippen molar-refractivity contribution in [1.29, 1.82) is 0 Å². The summed E-state index contributed by atoms with van der Waals surface area (Å²) >= 11 is 0. The highest BCUT2D eigenvalue weighted by molar-refractivity contribution is 5.87. The van der Waals surface area contributed by atoms with Crippen molar-refractivity contribution in [2.45, 2.75) is 50.5 Å². The standard InChI is InChI=1S/C27H36N2O2/c30-26(27(31,25-16-7-8-17-25)24-14-5-2-6-15-24)29-20-10-19-28(21-22-29)18-9-13-23-11-3-1-4-12-23/h1-6,11-12,14-15,25,31H,7-10,13,16-22H2. The predicted molar refractivity (Wildman–Crippen MR) is 125 cm³/mol. The first-order valence-electron chi connectivity index (χ1n) is 12.0. The van der Waals surface area contributed by atoms with E-state index in [1.165, 1.54) is 5.56 Å². The molecule has 1 heterocycles. The molecule has 1 amide bonds. The van der Waals surface area contributed by atoms with Gasteiger partial charge in [-0.2, -0.15) is 0 Å². The number of aliphatic hydroxyl groups is 1. The van der Waals surface area contributed by atoms with Crippen LogP contribution >= 0.6 is 0 Å². The molecule has 2 aromatic rings. The summed E-state index contributed by atoms with van der Waals surface area (Å²) in [6.45, 7) is 4.40. The number of carbonyl (C=O) groups is 1. The van der Waals surface area contributed by atoms with Crippen LogP contribution < -0.4 is 0 Å². The minimum absolute atomic E-state index is 0.0210. The van der Waals surface area contributed by atoms with E-state index in [2.05, 4.69) is 35.2 Å². The molecule has 1 unspecified atom stereocenters. The Hall–Kier alpha value is -2.17. The van der Waals surface area contributed by atoms with Crippen molar-refractivity contribution in [3.05, 3.63) is 71.8 Å². The molecule has 1 saturated heterocycles. The lowest BCUT2D eigenvalue weighted by Crippen LogP contribution is -2.51. The molecule has 4 heteroatoms. The third kappa shape index (κ3) is 5.19. The maximum Gasteiger partial charge on any atom is 0.259 e. The molecule has 1 N–H and O–H groups in total. The van der Waals surface area contributed by atoms with Crippen molar-refractivity contribution < 1.29 is 9.90 Å². The van der Waals surface area contributed by atoms with Crippen molar-refractivity contribution in [1.82, 2.24) is 9.80 Å². The number of rotatable bonds is 7. The quantitative estimate of drug-likeness (QED) is 0.729. The van der Waals surface area contributed by atoms with Crippen molar-refractivity contribution in [2.24, 2.45) is 5.92 Å². The number of hydrogen-bond acceptors (Lipinski definition) is 3. The van der Waals surface area contributed by atoms with Gasteiger partial charge in [0.2, 0.25) is 0 Å². The van der Waals surface area contributed by atoms with Crippen LogP contribution in [0.4, 0.5) is 0 Å². The van der Waals surface area contributed by atoms with E-state index in [-0.39, 0.29) is 11.8 Å². The smallest absolute Gasteiger partial charge is 0.259 e. The minimum atomic E-state index is -1.39. The maximum absolute atomic E-state index is 13.7. The van der Waals surface area contributed by atoms with Crippen LogP contribution in [0.3, 0.4) is 0 Å². The molecule has 1 atom stereocenters. The molecule has 1 aliphatic heterocycles. The number of nitrogens with zero attached hydrogens (tertiary/aromatic N) is 2. The molecule has 2 fully saturated rings. The number of aryl methyl sites for hydroxylation is 1. The average Bonchev–Trinajstić information content (AvgIpc) is 3.27. The predicted octanol–water partition coefficient (Wildman–Crippen LogP) is 4.23. The van der Waals surface area contributed by atoms with Crippen molar-refractivity contribution in [3.8, 4) is 0 Å². The van der Waals surface area contributed by atoms with Crippen LogP contribution in [0.1, 0.15) is 49.7 Å². The summed E-state index contributed by atoms with van der Waals surface area (Å²) < 4.78 is 0. The van der Waals surface area contributed by atoms with Gasteiger partial charge < -0.3 is 14.9 Å². The Morgan fingerprint density at radius 3 is 2.26 bits per heavy atom. The van der Waals surface area contributed by atoms with Gasteiger partial charge in [0.05, 0.1) is 0 Å². The van der Waals surface area contributed by atoms with Gasteiger partial charge in [0.15, 0.2) is 5.60 Å². The zero-order valence-corrected chi connectivity index (χ0v) is 18.6. The van der Waals surface area contributed by atoms with E-state index in [1.807, 2.05) is 35.2 Å². The molecule has 4 rings (SSSR count). The Morgan fingerprint density at radius 2 is 1.55 bits per heavy atom. The Balaban J connectivity index is 1.38. The molecule has 31 heavy (non-hydrogen) atoms. The fourth-order valence-electron chi connectivity index (χ4n) is 5.36. The average molecular weight is 421 g/mol. The van der Waals surface area contributed by atoms with Gasteiger partial charge in [0, 0.05) is 25.6 Å². The van der Waals surface area contributed by atoms with E-state index in [1.54, 1.807) is 0 Å². The van der Waals surface area contributed by atoms with E-state index in [9.17, 15) is 9.90 Å². The van der Waals surface area contributed by atoms with Crippen molar-refractivity contribution in [2.75, 3.05) is 32.7 Å². The number of carbonyl (C=O) groups excluding carboxylic acids is 1. The zero-order chi connectivity index (χ0) is 21.5. The lowest BCUT2D eigenvalue weighted by atomic mass is 9.79. The van der Waals surface area contributed by atoms with Crippen molar-refractivity contribution in [3.63, 3.8) is 0 Å². The van der Waals surface area contributed by atoms with E-state index in [0.29, 0.717) is 6.54 Å². The fraction of sp³-hybridized carbons (Fsp3) is 0.519. The molecule has 4 nitrogen and oxygen atoms in total. The largest absolute Gasteiger partial charge is 0.375 e. The summed E-state index contributed by atoms with van der Waals surface area (Å²) in [4.78, 5) is 18.1. The summed E-state index contributed by atoms with van der Waals surface area (Å²) in [5.74, 6) is -0.0654. The van der Waals surface area contributed by atoms with Gasteiger partial charge in [-0.25, -0.2) is 0 Å². The summed E-state index contributed by atoms with van der Waals surface area (Å²) in [6.07, 6.45) is 7.24. The Morgan fingerprint density at radius 1 is 0.871 bits per heavy atom. The van der Waals surface area contributed by atoms with Gasteiger partial charge in [0.25, 0.3) is 5.91 Å². The normalized spacial score (nSPS) is 20.4. The van der Waals surface area contributed by atoms with Gasteiger partial charge in [-0.05, 0) is 56.3 Å². The monoisotopic (exact) mass is 420 g/mol. The van der Waals surface area contributed by atoms with Crippen molar-refractivity contribution >= 4 is 5.91 Å². The lowest BCUT2D eigenvalue weighted by Gasteiger charge is -2.37. The Kier molecular flexibility index (Phi) is 7.41. The SMILES string of the molecule is O=C(N1CCCN(CCCc2ccccc2)CC1)C(O)(c1ccccc1)C1CCCC1. The van der Waals surface area contributed by atoms with Crippen LogP contribution in [0.15, 0.2) is 60.7 Å².